The van der Waals surface area contributed by atoms with Crippen LogP contribution in [0.4, 0.5) is 8.78 Å². The molecule has 19 heavy (non-hydrogen) atoms. The fourth-order valence-corrected chi connectivity index (χ4v) is 1.80. The molecular formula is C15H23F2NO. The first-order valence-electron chi connectivity index (χ1n) is 6.76. The molecule has 2 nitrogen and oxygen atoms in total. The normalized spacial score (nSPS) is 13.0. The summed E-state index contributed by atoms with van der Waals surface area (Å²) >= 11 is 0. The van der Waals surface area contributed by atoms with Crippen LogP contribution in [0.1, 0.15) is 44.4 Å². The zero-order valence-electron chi connectivity index (χ0n) is 12.1. The van der Waals surface area contributed by atoms with Crippen LogP contribution in [0, 0.1) is 18.6 Å². The third kappa shape index (κ3) is 4.55. The lowest BCUT2D eigenvalue weighted by Gasteiger charge is -2.21. The van der Waals surface area contributed by atoms with E-state index in [0.717, 1.165) is 13.0 Å². The molecule has 0 aliphatic carbocycles. The number of hydrogen-bond donors (Lipinski definition) is 1. The highest BCUT2D eigenvalue weighted by Crippen LogP contribution is 2.22. The predicted octanol–water partition coefficient (Wildman–Crippen LogP) is 3.74. The van der Waals surface area contributed by atoms with E-state index in [9.17, 15) is 8.78 Å². The number of aryl methyl sites for hydroxylation is 1. The van der Waals surface area contributed by atoms with E-state index in [4.69, 9.17) is 4.74 Å². The van der Waals surface area contributed by atoms with E-state index in [2.05, 4.69) is 5.32 Å². The van der Waals surface area contributed by atoms with E-state index < -0.39 is 11.6 Å². The standard InChI is InChI=1S/C15H23F2NO/c1-5-8-18-13(9-19-10(2)3)12-7-6-11(4)14(16)15(12)17/h6-7,10,13,18H,5,8-9H2,1-4H3. The van der Waals surface area contributed by atoms with Crippen LogP contribution < -0.4 is 5.32 Å². The largest absolute Gasteiger partial charge is 0.377 e. The van der Waals surface area contributed by atoms with Gasteiger partial charge in [-0.15, -0.1) is 0 Å². The van der Waals surface area contributed by atoms with Gasteiger partial charge in [0.05, 0.1) is 18.8 Å². The van der Waals surface area contributed by atoms with Crippen molar-refractivity contribution in [3.05, 3.63) is 34.9 Å². The molecule has 1 unspecified atom stereocenters. The molecule has 0 amide bonds. The second-order valence-electron chi connectivity index (χ2n) is 4.99. The van der Waals surface area contributed by atoms with Crippen molar-refractivity contribution in [1.82, 2.24) is 5.32 Å². The lowest BCUT2D eigenvalue weighted by molar-refractivity contribution is 0.0603. The van der Waals surface area contributed by atoms with Crippen LogP contribution in [-0.4, -0.2) is 19.3 Å². The Bertz CT molecular complexity index is 407. The van der Waals surface area contributed by atoms with E-state index in [1.54, 1.807) is 19.1 Å². The van der Waals surface area contributed by atoms with Gasteiger partial charge in [0.15, 0.2) is 11.6 Å². The van der Waals surface area contributed by atoms with Crippen molar-refractivity contribution < 1.29 is 13.5 Å². The molecule has 1 atom stereocenters. The van der Waals surface area contributed by atoms with E-state index in [0.29, 0.717) is 17.7 Å². The average molecular weight is 271 g/mol. The molecule has 0 spiro atoms. The third-order valence-electron chi connectivity index (χ3n) is 2.92. The number of hydrogen-bond acceptors (Lipinski definition) is 2. The van der Waals surface area contributed by atoms with Crippen LogP contribution >= 0.6 is 0 Å². The summed E-state index contributed by atoms with van der Waals surface area (Å²) < 4.78 is 33.2. The van der Waals surface area contributed by atoms with Crippen molar-refractivity contribution in [1.29, 1.82) is 0 Å². The van der Waals surface area contributed by atoms with Crippen molar-refractivity contribution in [3.63, 3.8) is 0 Å². The summed E-state index contributed by atoms with van der Waals surface area (Å²) in [6, 6.07) is 2.91. The Balaban J connectivity index is 2.92. The first-order chi connectivity index (χ1) is 8.97. The van der Waals surface area contributed by atoms with Crippen LogP contribution in [0.3, 0.4) is 0 Å². The average Bonchev–Trinajstić information content (AvgIpc) is 2.37. The van der Waals surface area contributed by atoms with Gasteiger partial charge in [-0.3, -0.25) is 0 Å². The highest BCUT2D eigenvalue weighted by molar-refractivity contribution is 5.28. The Morgan fingerprint density at radius 3 is 2.47 bits per heavy atom. The van der Waals surface area contributed by atoms with Crippen LogP contribution in [0.15, 0.2) is 12.1 Å². The fourth-order valence-electron chi connectivity index (χ4n) is 1.80. The summed E-state index contributed by atoms with van der Waals surface area (Å²) in [6.07, 6.45) is 0.984. The van der Waals surface area contributed by atoms with Crippen molar-refractivity contribution >= 4 is 0 Å². The van der Waals surface area contributed by atoms with Gasteiger partial charge < -0.3 is 10.1 Å². The molecular weight excluding hydrogens is 248 g/mol. The summed E-state index contributed by atoms with van der Waals surface area (Å²) in [7, 11) is 0. The van der Waals surface area contributed by atoms with Crippen molar-refractivity contribution in [2.45, 2.75) is 46.3 Å². The summed E-state index contributed by atoms with van der Waals surface area (Å²) in [5.74, 6) is -1.55. The highest BCUT2D eigenvalue weighted by Gasteiger charge is 2.19. The number of halogens is 2. The minimum atomic E-state index is -0.777. The summed E-state index contributed by atoms with van der Waals surface area (Å²) in [4.78, 5) is 0. The Hall–Kier alpha value is -1.00. The van der Waals surface area contributed by atoms with Gasteiger partial charge >= 0.3 is 0 Å². The van der Waals surface area contributed by atoms with E-state index in [1.807, 2.05) is 20.8 Å². The molecule has 108 valence electrons. The molecule has 1 rings (SSSR count). The van der Waals surface area contributed by atoms with Gasteiger partial charge in [0.25, 0.3) is 0 Å². The quantitative estimate of drug-likeness (QED) is 0.815. The maximum Gasteiger partial charge on any atom is 0.163 e. The second-order valence-corrected chi connectivity index (χ2v) is 4.99. The van der Waals surface area contributed by atoms with Gasteiger partial charge in [-0.2, -0.15) is 0 Å². The Morgan fingerprint density at radius 1 is 1.21 bits per heavy atom. The smallest absolute Gasteiger partial charge is 0.163 e. The lowest BCUT2D eigenvalue weighted by atomic mass is 10.0. The SMILES string of the molecule is CCCNC(COC(C)C)c1ccc(C)c(F)c1F. The van der Waals surface area contributed by atoms with E-state index in [1.165, 1.54) is 0 Å². The van der Waals surface area contributed by atoms with Crippen molar-refractivity contribution in [3.8, 4) is 0 Å². The minimum Gasteiger partial charge on any atom is -0.377 e. The number of benzene rings is 1. The number of nitrogens with one attached hydrogen (secondary N) is 1. The zero-order valence-corrected chi connectivity index (χ0v) is 12.1. The van der Waals surface area contributed by atoms with Crippen molar-refractivity contribution in [2.75, 3.05) is 13.2 Å². The fraction of sp³-hybridized carbons (Fsp3) is 0.600. The van der Waals surface area contributed by atoms with E-state index >= 15 is 0 Å². The molecule has 0 heterocycles. The molecule has 1 aromatic carbocycles. The molecule has 1 aromatic rings. The van der Waals surface area contributed by atoms with Gasteiger partial charge in [-0.1, -0.05) is 19.1 Å². The van der Waals surface area contributed by atoms with Gasteiger partial charge in [0, 0.05) is 5.56 Å². The summed E-state index contributed by atoms with van der Waals surface area (Å²) in [6.45, 7) is 8.49. The summed E-state index contributed by atoms with van der Waals surface area (Å²) in [5, 5.41) is 3.20. The Kier molecular flexibility index (Phi) is 6.38. The van der Waals surface area contributed by atoms with Crippen LogP contribution in [0.2, 0.25) is 0 Å². The first-order valence-corrected chi connectivity index (χ1v) is 6.76. The zero-order chi connectivity index (χ0) is 14.4. The molecule has 4 heteroatoms. The second kappa shape index (κ2) is 7.56. The Morgan fingerprint density at radius 2 is 1.89 bits per heavy atom. The van der Waals surface area contributed by atoms with Gasteiger partial charge in [0.1, 0.15) is 0 Å². The highest BCUT2D eigenvalue weighted by atomic mass is 19.2. The lowest BCUT2D eigenvalue weighted by Crippen LogP contribution is -2.28. The molecule has 1 N–H and O–H groups in total. The van der Waals surface area contributed by atoms with Crippen LogP contribution in [-0.2, 0) is 4.74 Å². The van der Waals surface area contributed by atoms with Crippen molar-refractivity contribution in [2.24, 2.45) is 0 Å². The first kappa shape index (κ1) is 16.1. The molecule has 0 bridgehead atoms. The molecule has 0 radical (unpaired) electrons. The van der Waals surface area contributed by atoms with Crippen LogP contribution in [0.5, 0.6) is 0 Å². The van der Waals surface area contributed by atoms with E-state index in [-0.39, 0.29) is 12.1 Å². The molecule has 0 aliphatic rings. The summed E-state index contributed by atoms with van der Waals surface area (Å²) in [5.41, 5.74) is 0.650. The monoisotopic (exact) mass is 271 g/mol. The molecule has 0 aromatic heterocycles. The molecule has 0 saturated carbocycles. The molecule has 0 saturated heterocycles. The number of ether oxygens (including phenoxy) is 1. The molecule has 0 fully saturated rings. The van der Waals surface area contributed by atoms with Gasteiger partial charge in [-0.25, -0.2) is 8.78 Å². The van der Waals surface area contributed by atoms with Crippen LogP contribution in [0.25, 0.3) is 0 Å². The van der Waals surface area contributed by atoms with Gasteiger partial charge in [0.2, 0.25) is 0 Å². The topological polar surface area (TPSA) is 21.3 Å². The third-order valence-corrected chi connectivity index (χ3v) is 2.92. The minimum absolute atomic E-state index is 0.0595. The maximum atomic E-state index is 14.0. The number of rotatable bonds is 7. The molecule has 0 aliphatic heterocycles. The Labute approximate surface area is 114 Å². The predicted molar refractivity (Wildman–Crippen MR) is 73.2 cm³/mol. The van der Waals surface area contributed by atoms with Gasteiger partial charge in [-0.05, 0) is 39.3 Å². The maximum absolute atomic E-state index is 14.0.